The Morgan fingerprint density at radius 3 is 2.94 bits per heavy atom. The molecule has 0 aliphatic rings. The second kappa shape index (κ2) is 5.37. The van der Waals surface area contributed by atoms with Gasteiger partial charge in [0.2, 0.25) is 0 Å². The number of hydrogen-bond donors (Lipinski definition) is 1. The molecule has 2 nitrogen and oxygen atoms in total. The molecule has 0 saturated heterocycles. The molecule has 0 N–H and O–H groups in total. The van der Waals surface area contributed by atoms with Crippen molar-refractivity contribution in [1.82, 2.24) is 9.97 Å². The predicted octanol–water partition coefficient (Wildman–Crippen LogP) is 3.21. The zero-order valence-corrected chi connectivity index (χ0v) is 10.5. The van der Waals surface area contributed by atoms with E-state index in [0.29, 0.717) is 0 Å². The van der Waals surface area contributed by atoms with E-state index >= 15 is 0 Å². The Morgan fingerprint density at radius 1 is 1.31 bits per heavy atom. The van der Waals surface area contributed by atoms with Gasteiger partial charge in [-0.15, -0.1) is 11.8 Å². The lowest BCUT2D eigenvalue weighted by molar-refractivity contribution is 1.10. The van der Waals surface area contributed by atoms with Crippen LogP contribution in [0.2, 0.25) is 0 Å². The van der Waals surface area contributed by atoms with Crippen molar-refractivity contribution < 1.29 is 0 Å². The quantitative estimate of drug-likeness (QED) is 0.389. The first-order chi connectivity index (χ1) is 7.81. The molecule has 0 aliphatic carbocycles. The number of nitrogens with zero attached hydrogens (tertiary/aromatic N) is 2. The van der Waals surface area contributed by atoms with Crippen molar-refractivity contribution >= 4 is 35.3 Å². The molecular formula is C12H12N2S2. The summed E-state index contributed by atoms with van der Waals surface area (Å²) >= 11 is 5.87. The first kappa shape index (κ1) is 11.5. The van der Waals surface area contributed by atoms with Crippen molar-refractivity contribution in [3.8, 4) is 0 Å². The maximum atomic E-state index is 4.30. The smallest absolute Gasteiger partial charge is 0.117 e. The average molecular weight is 248 g/mol. The van der Waals surface area contributed by atoms with Crippen molar-refractivity contribution in [1.29, 1.82) is 0 Å². The third-order valence-corrected chi connectivity index (χ3v) is 3.74. The molecule has 0 atom stereocenters. The summed E-state index contributed by atoms with van der Waals surface area (Å²) < 4.78 is 0. The highest BCUT2D eigenvalue weighted by molar-refractivity contribution is 7.99. The van der Waals surface area contributed by atoms with Crippen molar-refractivity contribution in [2.24, 2.45) is 0 Å². The fourth-order valence-electron chi connectivity index (χ4n) is 1.31. The van der Waals surface area contributed by atoms with E-state index in [2.05, 4.69) is 29.2 Å². The minimum atomic E-state index is 0.718. The molecule has 2 rings (SSSR count). The van der Waals surface area contributed by atoms with Crippen LogP contribution in [0.15, 0.2) is 47.8 Å². The third-order valence-electron chi connectivity index (χ3n) is 2.14. The van der Waals surface area contributed by atoms with E-state index in [-0.39, 0.29) is 0 Å². The Balaban J connectivity index is 2.27. The van der Waals surface area contributed by atoms with Crippen LogP contribution in [0.1, 0.15) is 0 Å². The van der Waals surface area contributed by atoms with Gasteiger partial charge in [-0.3, -0.25) is 0 Å². The van der Waals surface area contributed by atoms with Crippen molar-refractivity contribution in [2.45, 2.75) is 5.03 Å². The minimum absolute atomic E-state index is 0.718. The van der Waals surface area contributed by atoms with Gasteiger partial charge in [0.15, 0.2) is 0 Å². The van der Waals surface area contributed by atoms with Crippen molar-refractivity contribution in [3.05, 3.63) is 42.7 Å². The molecule has 4 heteroatoms. The van der Waals surface area contributed by atoms with Crippen LogP contribution in [-0.2, 0) is 0 Å². The summed E-state index contributed by atoms with van der Waals surface area (Å²) in [5.41, 5.74) is 2.09. The summed E-state index contributed by atoms with van der Waals surface area (Å²) in [6, 6.07) is 8.02. The van der Waals surface area contributed by atoms with Crippen LogP contribution in [-0.4, -0.2) is 21.5 Å². The van der Waals surface area contributed by atoms with E-state index in [1.54, 1.807) is 18.1 Å². The molecule has 1 aromatic carbocycles. The molecule has 0 saturated carbocycles. The lowest BCUT2D eigenvalue weighted by atomic mass is 10.2. The highest BCUT2D eigenvalue weighted by Gasteiger charge is 2.03. The molecule has 0 amide bonds. The number of thioether (sulfide) groups is 1. The highest BCUT2D eigenvalue weighted by atomic mass is 32.2. The van der Waals surface area contributed by atoms with Gasteiger partial charge in [-0.1, -0.05) is 30.4 Å². The number of benzene rings is 1. The third kappa shape index (κ3) is 2.57. The Hall–Kier alpha value is -1.00. The largest absolute Gasteiger partial charge is 0.236 e. The zero-order chi connectivity index (χ0) is 11.4. The van der Waals surface area contributed by atoms with E-state index in [0.717, 1.165) is 33.0 Å². The fraction of sp³-hybridized carbons (Fsp3) is 0.167. The maximum absolute atomic E-state index is 4.30. The Kier molecular flexibility index (Phi) is 3.85. The van der Waals surface area contributed by atoms with Crippen LogP contribution < -0.4 is 0 Å². The molecule has 0 aliphatic heterocycles. The average Bonchev–Trinajstić information content (AvgIpc) is 2.35. The summed E-state index contributed by atoms with van der Waals surface area (Å²) in [5.74, 6) is 1.57. The van der Waals surface area contributed by atoms with Crippen LogP contribution in [0.25, 0.3) is 10.9 Å². The van der Waals surface area contributed by atoms with Gasteiger partial charge in [-0.2, -0.15) is 12.6 Å². The molecule has 1 aromatic heterocycles. The lowest BCUT2D eigenvalue weighted by Gasteiger charge is -2.04. The molecule has 0 spiro atoms. The second-order valence-corrected chi connectivity index (χ2v) is 4.67. The number of rotatable bonds is 4. The van der Waals surface area contributed by atoms with Gasteiger partial charge >= 0.3 is 0 Å². The number of para-hydroxylation sites is 1. The van der Waals surface area contributed by atoms with E-state index in [1.165, 1.54) is 0 Å². The SMILES string of the molecule is C=C(CS)CSc1ncnc2ccccc12. The number of hydrogen-bond acceptors (Lipinski definition) is 4. The van der Waals surface area contributed by atoms with Crippen molar-refractivity contribution in [2.75, 3.05) is 11.5 Å². The second-order valence-electron chi connectivity index (χ2n) is 3.39. The van der Waals surface area contributed by atoms with Crippen LogP contribution in [0, 0.1) is 0 Å². The highest BCUT2D eigenvalue weighted by Crippen LogP contribution is 2.25. The molecular weight excluding hydrogens is 236 g/mol. The summed E-state index contributed by atoms with van der Waals surface area (Å²) in [6.45, 7) is 3.93. The van der Waals surface area contributed by atoms with E-state index in [1.807, 2.05) is 24.3 Å². The molecule has 2 aromatic rings. The standard InChI is InChI=1S/C12H12N2S2/c1-9(6-15)7-16-12-10-4-2-3-5-11(10)13-8-14-12/h2-5,8,15H,1,6-7H2. The van der Waals surface area contributed by atoms with Gasteiger partial charge in [0.1, 0.15) is 11.4 Å². The molecule has 82 valence electrons. The van der Waals surface area contributed by atoms with E-state index < -0.39 is 0 Å². The van der Waals surface area contributed by atoms with E-state index in [4.69, 9.17) is 0 Å². The monoisotopic (exact) mass is 248 g/mol. The van der Waals surface area contributed by atoms with Crippen LogP contribution in [0.3, 0.4) is 0 Å². The Morgan fingerprint density at radius 2 is 2.12 bits per heavy atom. The van der Waals surface area contributed by atoms with Gasteiger partial charge in [0.25, 0.3) is 0 Å². The minimum Gasteiger partial charge on any atom is -0.236 e. The summed E-state index contributed by atoms with van der Waals surface area (Å²) in [6.07, 6.45) is 1.61. The predicted molar refractivity (Wildman–Crippen MR) is 73.3 cm³/mol. The molecule has 0 unspecified atom stereocenters. The van der Waals surface area contributed by atoms with Crippen molar-refractivity contribution in [3.63, 3.8) is 0 Å². The summed E-state index contributed by atoms with van der Waals surface area (Å²) in [7, 11) is 0. The van der Waals surface area contributed by atoms with Gasteiger partial charge < -0.3 is 0 Å². The molecule has 0 bridgehead atoms. The topological polar surface area (TPSA) is 25.8 Å². The van der Waals surface area contributed by atoms with Gasteiger partial charge in [-0.05, 0) is 6.07 Å². The molecule has 0 radical (unpaired) electrons. The fourth-order valence-corrected chi connectivity index (χ4v) is 2.47. The van der Waals surface area contributed by atoms with Crippen LogP contribution in [0.4, 0.5) is 0 Å². The van der Waals surface area contributed by atoms with E-state index in [9.17, 15) is 0 Å². The maximum Gasteiger partial charge on any atom is 0.117 e. The lowest BCUT2D eigenvalue weighted by Crippen LogP contribution is -1.90. The number of thiol groups is 1. The molecule has 1 heterocycles. The Bertz CT molecular complexity index is 506. The van der Waals surface area contributed by atoms with Crippen LogP contribution >= 0.6 is 24.4 Å². The summed E-state index contributed by atoms with van der Waals surface area (Å²) in [4.78, 5) is 8.53. The van der Waals surface area contributed by atoms with Gasteiger partial charge in [0, 0.05) is 16.9 Å². The molecule has 16 heavy (non-hydrogen) atoms. The van der Waals surface area contributed by atoms with Gasteiger partial charge in [-0.25, -0.2) is 9.97 Å². The van der Waals surface area contributed by atoms with Gasteiger partial charge in [0.05, 0.1) is 5.52 Å². The van der Waals surface area contributed by atoms with Crippen LogP contribution in [0.5, 0.6) is 0 Å². The molecule has 0 fully saturated rings. The first-order valence-electron chi connectivity index (χ1n) is 4.91. The zero-order valence-electron chi connectivity index (χ0n) is 8.76. The first-order valence-corrected chi connectivity index (χ1v) is 6.53. The summed E-state index contributed by atoms with van der Waals surface area (Å²) in [5, 5.41) is 2.11. The number of fused-ring (bicyclic) bond motifs is 1. The Labute approximate surface area is 105 Å². The normalized spacial score (nSPS) is 10.6. The number of aromatic nitrogens is 2.